The highest BCUT2D eigenvalue weighted by Crippen LogP contribution is 2.06. The van der Waals surface area contributed by atoms with E-state index in [1.165, 1.54) is 32.1 Å². The Morgan fingerprint density at radius 1 is 1.00 bits per heavy atom. The molecule has 0 rings (SSSR count). The molecule has 0 aliphatic heterocycles. The summed E-state index contributed by atoms with van der Waals surface area (Å²) in [7, 11) is 0. The van der Waals surface area contributed by atoms with Crippen LogP contribution in [0.15, 0.2) is 0 Å². The van der Waals surface area contributed by atoms with Crippen LogP contribution in [0.25, 0.3) is 0 Å². The van der Waals surface area contributed by atoms with Crippen molar-refractivity contribution in [2.24, 2.45) is 0 Å². The molecule has 0 saturated heterocycles. The molecule has 0 saturated carbocycles. The predicted octanol–water partition coefficient (Wildman–Crippen LogP) is 4.75. The molecule has 0 aromatic rings. The van der Waals surface area contributed by atoms with E-state index in [1.807, 2.05) is 0 Å². The Hall–Kier alpha value is 0.250. The minimum atomic E-state index is 0.194. The maximum Gasteiger partial charge on any atom is 0.129 e. The average molecular weight is 241 g/mol. The molecule has 0 heterocycles. The van der Waals surface area contributed by atoms with E-state index in [0.29, 0.717) is 5.78 Å². The summed E-state index contributed by atoms with van der Waals surface area (Å²) in [4.78, 5) is 10.5. The van der Waals surface area contributed by atoms with Crippen molar-refractivity contribution in [2.75, 3.05) is 5.34 Å². The molecule has 0 bridgehead atoms. The van der Waals surface area contributed by atoms with Crippen molar-refractivity contribution < 1.29 is 4.79 Å². The Bertz CT molecular complexity index is 116. The van der Waals surface area contributed by atoms with E-state index in [4.69, 9.17) is 23.2 Å². The Morgan fingerprint density at radius 2 is 1.43 bits per heavy atom. The van der Waals surface area contributed by atoms with Gasteiger partial charge in [-0.2, -0.15) is 0 Å². The first-order chi connectivity index (χ1) is 6.68. The van der Waals surface area contributed by atoms with Crippen molar-refractivity contribution in [2.45, 2.75) is 58.8 Å². The van der Waals surface area contributed by atoms with Crippen LogP contribution in [0, 0.1) is 0 Å². The maximum absolute atomic E-state index is 10.5. The molecule has 0 atom stereocenters. The molecular weight excluding hydrogens is 219 g/mol. The number of rotatable bonds is 7. The molecule has 1 nitrogen and oxygen atoms in total. The molecule has 0 fully saturated rings. The van der Waals surface area contributed by atoms with Gasteiger partial charge in [0.2, 0.25) is 0 Å². The molecule has 0 spiro atoms. The molecular formula is C11H22Cl2O. The third-order valence-electron chi connectivity index (χ3n) is 1.88. The second kappa shape index (κ2) is 15.7. The summed E-state index contributed by atoms with van der Waals surface area (Å²) in [5.41, 5.74) is 0. The largest absolute Gasteiger partial charge is 0.300 e. The maximum atomic E-state index is 10.5. The minimum absolute atomic E-state index is 0.194. The fourth-order valence-corrected chi connectivity index (χ4v) is 1.15. The smallest absolute Gasteiger partial charge is 0.129 e. The summed E-state index contributed by atoms with van der Waals surface area (Å²) in [5, 5.41) is 0.194. The van der Waals surface area contributed by atoms with E-state index in [-0.39, 0.29) is 5.34 Å². The summed E-state index contributed by atoms with van der Waals surface area (Å²) < 4.78 is 0. The van der Waals surface area contributed by atoms with Crippen LogP contribution in [0.4, 0.5) is 0 Å². The summed E-state index contributed by atoms with van der Waals surface area (Å²) >= 11 is 9.53. The van der Waals surface area contributed by atoms with E-state index >= 15 is 0 Å². The van der Waals surface area contributed by atoms with E-state index in [0.717, 1.165) is 12.8 Å². The first kappa shape index (κ1) is 16.7. The van der Waals surface area contributed by atoms with Gasteiger partial charge in [0, 0.05) is 6.42 Å². The molecule has 0 aliphatic rings. The summed E-state index contributed by atoms with van der Waals surface area (Å²) in [6, 6.07) is 0. The molecule has 14 heavy (non-hydrogen) atoms. The lowest BCUT2D eigenvalue weighted by molar-refractivity contribution is -0.117. The SMILES string of the molecule is CCCCCCCCC(C)=O.ClCCl. The minimum Gasteiger partial charge on any atom is -0.300 e. The summed E-state index contributed by atoms with van der Waals surface area (Å²) in [6.07, 6.45) is 8.41. The monoisotopic (exact) mass is 240 g/mol. The van der Waals surface area contributed by atoms with Crippen molar-refractivity contribution in [3.05, 3.63) is 0 Å². The van der Waals surface area contributed by atoms with Crippen LogP contribution in [0.5, 0.6) is 0 Å². The van der Waals surface area contributed by atoms with E-state index < -0.39 is 0 Å². The highest BCUT2D eigenvalue weighted by molar-refractivity contribution is 6.40. The highest BCUT2D eigenvalue weighted by Gasteiger charge is 1.92. The van der Waals surface area contributed by atoms with Crippen molar-refractivity contribution >= 4 is 29.0 Å². The van der Waals surface area contributed by atoms with Crippen LogP contribution < -0.4 is 0 Å². The fourth-order valence-electron chi connectivity index (χ4n) is 1.15. The van der Waals surface area contributed by atoms with Crippen molar-refractivity contribution in [3.63, 3.8) is 0 Å². The number of Topliss-reactive ketones (excluding diaryl/α,β-unsaturated/α-hetero) is 1. The summed E-state index contributed by atoms with van der Waals surface area (Å²) in [6.45, 7) is 3.89. The molecule has 0 N–H and O–H groups in total. The van der Waals surface area contributed by atoms with Gasteiger partial charge in [0.05, 0.1) is 5.34 Å². The fraction of sp³-hybridized carbons (Fsp3) is 0.909. The standard InChI is InChI=1S/C10H20O.CH2Cl2/c1-3-4-5-6-7-8-9-10(2)11;2-1-3/h3-9H2,1-2H3;1H2. The molecule has 0 radical (unpaired) electrons. The number of halogens is 2. The topological polar surface area (TPSA) is 17.1 Å². The van der Waals surface area contributed by atoms with Crippen molar-refractivity contribution in [1.82, 2.24) is 0 Å². The molecule has 0 aromatic carbocycles. The Balaban J connectivity index is 0. The van der Waals surface area contributed by atoms with Gasteiger partial charge in [-0.3, -0.25) is 0 Å². The van der Waals surface area contributed by atoms with Gasteiger partial charge in [0.1, 0.15) is 5.78 Å². The van der Waals surface area contributed by atoms with E-state index in [2.05, 4.69) is 6.92 Å². The lowest BCUT2D eigenvalue weighted by Gasteiger charge is -1.97. The number of ketones is 1. The second-order valence-corrected chi connectivity index (χ2v) is 4.13. The third kappa shape index (κ3) is 22.8. The van der Waals surface area contributed by atoms with Crippen LogP contribution in [0.3, 0.4) is 0 Å². The number of carbonyl (C=O) groups is 1. The molecule has 0 amide bonds. The van der Waals surface area contributed by atoms with E-state index in [1.54, 1.807) is 6.92 Å². The zero-order valence-electron chi connectivity index (χ0n) is 9.32. The van der Waals surface area contributed by atoms with Gasteiger partial charge in [-0.05, 0) is 13.3 Å². The number of carbonyl (C=O) groups excluding carboxylic acids is 1. The molecule has 86 valence electrons. The highest BCUT2D eigenvalue weighted by atomic mass is 35.5. The second-order valence-electron chi connectivity index (χ2n) is 3.32. The quantitative estimate of drug-likeness (QED) is 0.464. The van der Waals surface area contributed by atoms with Crippen molar-refractivity contribution in [3.8, 4) is 0 Å². The van der Waals surface area contributed by atoms with Gasteiger partial charge in [-0.1, -0.05) is 39.0 Å². The first-order valence-electron chi connectivity index (χ1n) is 5.30. The molecule has 0 aliphatic carbocycles. The number of unbranched alkanes of at least 4 members (excludes halogenated alkanes) is 5. The Kier molecular flexibility index (Phi) is 18.7. The first-order valence-corrected chi connectivity index (χ1v) is 6.37. The van der Waals surface area contributed by atoms with Crippen LogP contribution in [0.2, 0.25) is 0 Å². The van der Waals surface area contributed by atoms with Crippen LogP contribution in [-0.4, -0.2) is 11.1 Å². The van der Waals surface area contributed by atoms with Gasteiger partial charge in [0.15, 0.2) is 0 Å². The molecule has 3 heteroatoms. The van der Waals surface area contributed by atoms with Crippen LogP contribution in [-0.2, 0) is 4.79 Å². The van der Waals surface area contributed by atoms with Crippen LogP contribution in [0.1, 0.15) is 58.8 Å². The predicted molar refractivity (Wildman–Crippen MR) is 65.2 cm³/mol. The lowest BCUT2D eigenvalue weighted by Crippen LogP contribution is -1.88. The number of alkyl halides is 2. The van der Waals surface area contributed by atoms with Gasteiger partial charge < -0.3 is 4.79 Å². The number of hydrogen-bond donors (Lipinski definition) is 0. The Labute approximate surface area is 98.2 Å². The molecule has 0 aromatic heterocycles. The zero-order chi connectivity index (χ0) is 11.2. The molecule has 0 unspecified atom stereocenters. The van der Waals surface area contributed by atoms with Gasteiger partial charge >= 0.3 is 0 Å². The average Bonchev–Trinajstić information content (AvgIpc) is 2.12. The summed E-state index contributed by atoms with van der Waals surface area (Å²) in [5.74, 6) is 0.334. The Morgan fingerprint density at radius 3 is 1.86 bits per heavy atom. The normalized spacial score (nSPS) is 9.14. The van der Waals surface area contributed by atoms with Gasteiger partial charge in [-0.25, -0.2) is 0 Å². The van der Waals surface area contributed by atoms with Crippen LogP contribution >= 0.6 is 23.2 Å². The van der Waals surface area contributed by atoms with Crippen molar-refractivity contribution in [1.29, 1.82) is 0 Å². The van der Waals surface area contributed by atoms with Gasteiger partial charge in [0.25, 0.3) is 0 Å². The lowest BCUT2D eigenvalue weighted by atomic mass is 10.1. The number of hydrogen-bond acceptors (Lipinski definition) is 1. The van der Waals surface area contributed by atoms with E-state index in [9.17, 15) is 4.79 Å². The zero-order valence-corrected chi connectivity index (χ0v) is 10.8. The third-order valence-corrected chi connectivity index (χ3v) is 1.88. The van der Waals surface area contributed by atoms with Gasteiger partial charge in [-0.15, -0.1) is 23.2 Å².